The lowest BCUT2D eigenvalue weighted by molar-refractivity contribution is 0.112. The van der Waals surface area contributed by atoms with Crippen LogP contribution in [0.3, 0.4) is 0 Å². The molecule has 0 aliphatic rings. The Bertz CT molecular complexity index is 736. The Morgan fingerprint density at radius 1 is 1.13 bits per heavy atom. The van der Waals surface area contributed by atoms with Gasteiger partial charge in [0.1, 0.15) is 11.6 Å². The second kappa shape index (κ2) is 6.36. The van der Waals surface area contributed by atoms with Crippen LogP contribution in [0.2, 0.25) is 0 Å². The molecule has 0 spiro atoms. The summed E-state index contributed by atoms with van der Waals surface area (Å²) in [5.41, 5.74) is 2.14. The van der Waals surface area contributed by atoms with Crippen molar-refractivity contribution in [1.82, 2.24) is 4.98 Å². The van der Waals surface area contributed by atoms with Gasteiger partial charge in [-0.05, 0) is 29.2 Å². The van der Waals surface area contributed by atoms with Crippen LogP contribution in [0.25, 0.3) is 11.1 Å². The van der Waals surface area contributed by atoms with Gasteiger partial charge in [-0.25, -0.2) is 9.37 Å². The molecule has 0 saturated carbocycles. The molecule has 0 radical (unpaired) electrons. The largest absolute Gasteiger partial charge is 0.496 e. The van der Waals surface area contributed by atoms with Crippen molar-refractivity contribution in [3.05, 3.63) is 41.3 Å². The van der Waals surface area contributed by atoms with E-state index in [1.54, 1.807) is 6.07 Å². The summed E-state index contributed by atoms with van der Waals surface area (Å²) >= 11 is 0. The van der Waals surface area contributed by atoms with Crippen LogP contribution in [-0.2, 0) is 5.41 Å². The third kappa shape index (κ3) is 3.33. The number of ether oxygens (including phenoxy) is 2. The number of aromatic nitrogens is 1. The first-order valence-electron chi connectivity index (χ1n) is 7.19. The van der Waals surface area contributed by atoms with Gasteiger partial charge < -0.3 is 9.47 Å². The number of aldehydes is 1. The van der Waals surface area contributed by atoms with Gasteiger partial charge in [-0.3, -0.25) is 4.79 Å². The van der Waals surface area contributed by atoms with E-state index in [9.17, 15) is 9.18 Å². The zero-order chi connectivity index (χ0) is 17.2. The van der Waals surface area contributed by atoms with Crippen LogP contribution < -0.4 is 9.47 Å². The van der Waals surface area contributed by atoms with Gasteiger partial charge in [0, 0.05) is 11.1 Å². The summed E-state index contributed by atoms with van der Waals surface area (Å²) in [5, 5.41) is 0. The summed E-state index contributed by atoms with van der Waals surface area (Å²) in [5.74, 6) is 0.356. The Kier molecular flexibility index (Phi) is 4.68. The summed E-state index contributed by atoms with van der Waals surface area (Å²) in [7, 11) is 3.00. The number of nitrogens with zero attached hydrogens (tertiary/aromatic N) is 1. The van der Waals surface area contributed by atoms with E-state index >= 15 is 0 Å². The van der Waals surface area contributed by atoms with Crippen molar-refractivity contribution in [2.24, 2.45) is 0 Å². The van der Waals surface area contributed by atoms with E-state index in [0.29, 0.717) is 28.3 Å². The van der Waals surface area contributed by atoms with Crippen LogP contribution in [0.15, 0.2) is 24.4 Å². The normalized spacial score (nSPS) is 11.2. The number of pyridine rings is 1. The highest BCUT2D eigenvalue weighted by molar-refractivity contribution is 5.85. The second-order valence-corrected chi connectivity index (χ2v) is 6.22. The molecule has 0 saturated heterocycles. The van der Waals surface area contributed by atoms with Gasteiger partial charge >= 0.3 is 0 Å². The molecule has 0 amide bonds. The van der Waals surface area contributed by atoms with Crippen molar-refractivity contribution in [3.63, 3.8) is 0 Å². The molecule has 0 bridgehead atoms. The molecule has 0 aliphatic heterocycles. The van der Waals surface area contributed by atoms with Crippen LogP contribution in [0, 0.1) is 5.82 Å². The average molecular weight is 317 g/mol. The maximum absolute atomic E-state index is 13.6. The Balaban J connectivity index is 2.79. The molecule has 0 unspecified atom stereocenters. The topological polar surface area (TPSA) is 48.4 Å². The van der Waals surface area contributed by atoms with E-state index in [0.717, 1.165) is 18.0 Å². The number of methoxy groups -OCH3 is 2. The van der Waals surface area contributed by atoms with E-state index in [4.69, 9.17) is 9.47 Å². The van der Waals surface area contributed by atoms with Gasteiger partial charge in [-0.15, -0.1) is 0 Å². The fraction of sp³-hybridized carbons (Fsp3) is 0.333. The third-order valence-electron chi connectivity index (χ3n) is 3.58. The van der Waals surface area contributed by atoms with E-state index in [2.05, 4.69) is 4.98 Å². The highest BCUT2D eigenvalue weighted by Gasteiger charge is 2.23. The molecular formula is C18H20FNO3. The fourth-order valence-corrected chi connectivity index (χ4v) is 2.48. The lowest BCUT2D eigenvalue weighted by atomic mass is 9.83. The molecule has 2 rings (SSSR count). The molecule has 23 heavy (non-hydrogen) atoms. The molecule has 0 atom stereocenters. The SMILES string of the molecule is COc1ncc(F)cc1-c1cc(C=O)c(OC)c(C(C)(C)C)c1. The van der Waals surface area contributed by atoms with Crippen molar-refractivity contribution in [2.45, 2.75) is 26.2 Å². The Morgan fingerprint density at radius 3 is 2.35 bits per heavy atom. The average Bonchev–Trinajstić information content (AvgIpc) is 2.52. The maximum Gasteiger partial charge on any atom is 0.221 e. The van der Waals surface area contributed by atoms with Gasteiger partial charge in [0.15, 0.2) is 6.29 Å². The van der Waals surface area contributed by atoms with E-state index in [1.165, 1.54) is 20.3 Å². The first-order valence-corrected chi connectivity index (χ1v) is 7.19. The predicted octanol–water partition coefficient (Wildman–Crippen LogP) is 4.01. The zero-order valence-corrected chi connectivity index (χ0v) is 13.9. The monoisotopic (exact) mass is 317 g/mol. The van der Waals surface area contributed by atoms with E-state index < -0.39 is 5.82 Å². The predicted molar refractivity (Wildman–Crippen MR) is 86.8 cm³/mol. The lowest BCUT2D eigenvalue weighted by Crippen LogP contribution is -2.14. The van der Waals surface area contributed by atoms with Crippen molar-refractivity contribution < 1.29 is 18.7 Å². The molecule has 1 aromatic carbocycles. The van der Waals surface area contributed by atoms with Gasteiger partial charge in [0.05, 0.1) is 26.0 Å². The second-order valence-electron chi connectivity index (χ2n) is 6.22. The highest BCUT2D eigenvalue weighted by atomic mass is 19.1. The molecule has 122 valence electrons. The van der Waals surface area contributed by atoms with Crippen molar-refractivity contribution in [1.29, 1.82) is 0 Å². The Morgan fingerprint density at radius 2 is 1.83 bits per heavy atom. The van der Waals surface area contributed by atoms with Crippen molar-refractivity contribution >= 4 is 6.29 Å². The van der Waals surface area contributed by atoms with Gasteiger partial charge in [0.2, 0.25) is 5.88 Å². The summed E-state index contributed by atoms with van der Waals surface area (Å²) in [6.45, 7) is 6.05. The summed E-state index contributed by atoms with van der Waals surface area (Å²) in [4.78, 5) is 15.4. The standard InChI is InChI=1S/C18H20FNO3/c1-18(2,3)15-7-11(6-12(10-21)16(15)22-4)14-8-13(19)9-20-17(14)23-5/h6-10H,1-5H3. The minimum Gasteiger partial charge on any atom is -0.496 e. The zero-order valence-electron chi connectivity index (χ0n) is 13.9. The third-order valence-corrected chi connectivity index (χ3v) is 3.58. The number of rotatable bonds is 4. The van der Waals surface area contributed by atoms with Crippen molar-refractivity contribution in [2.75, 3.05) is 14.2 Å². The van der Waals surface area contributed by atoms with Gasteiger partial charge in [0.25, 0.3) is 0 Å². The smallest absolute Gasteiger partial charge is 0.221 e. The van der Waals surface area contributed by atoms with Crippen LogP contribution in [0.1, 0.15) is 36.7 Å². The highest BCUT2D eigenvalue weighted by Crippen LogP contribution is 2.39. The summed E-state index contributed by atoms with van der Waals surface area (Å²) in [6.07, 6.45) is 1.83. The molecule has 0 N–H and O–H groups in total. The molecule has 4 nitrogen and oxygen atoms in total. The number of hydrogen-bond donors (Lipinski definition) is 0. The first kappa shape index (κ1) is 16.9. The van der Waals surface area contributed by atoms with Crippen LogP contribution in [0.5, 0.6) is 11.6 Å². The van der Waals surface area contributed by atoms with Crippen LogP contribution in [0.4, 0.5) is 4.39 Å². The lowest BCUT2D eigenvalue weighted by Gasteiger charge is -2.24. The molecule has 2 aromatic rings. The summed E-state index contributed by atoms with van der Waals surface area (Å²) in [6, 6.07) is 4.87. The molecule has 1 heterocycles. The quantitative estimate of drug-likeness (QED) is 0.799. The number of benzene rings is 1. The first-order chi connectivity index (χ1) is 10.8. The molecule has 0 fully saturated rings. The minimum absolute atomic E-state index is 0.257. The molecular weight excluding hydrogens is 297 g/mol. The Hall–Kier alpha value is -2.43. The number of hydrogen-bond acceptors (Lipinski definition) is 4. The maximum atomic E-state index is 13.6. The fourth-order valence-electron chi connectivity index (χ4n) is 2.48. The molecule has 1 aromatic heterocycles. The minimum atomic E-state index is -0.471. The Labute approximate surface area is 135 Å². The number of carbonyl (C=O) groups excluding carboxylic acids is 1. The summed E-state index contributed by atoms with van der Waals surface area (Å²) < 4.78 is 24.2. The van der Waals surface area contributed by atoms with Gasteiger partial charge in [-0.1, -0.05) is 20.8 Å². The van der Waals surface area contributed by atoms with E-state index in [1.807, 2.05) is 26.8 Å². The molecule has 5 heteroatoms. The van der Waals surface area contributed by atoms with Gasteiger partial charge in [-0.2, -0.15) is 0 Å². The number of halogens is 1. The number of carbonyl (C=O) groups is 1. The van der Waals surface area contributed by atoms with Crippen LogP contribution >= 0.6 is 0 Å². The molecule has 0 aliphatic carbocycles. The van der Waals surface area contributed by atoms with E-state index in [-0.39, 0.29) is 5.41 Å². The van der Waals surface area contributed by atoms with Crippen LogP contribution in [-0.4, -0.2) is 25.5 Å². The van der Waals surface area contributed by atoms with Crippen molar-refractivity contribution in [3.8, 4) is 22.8 Å².